The average molecular weight is 422 g/mol. The third kappa shape index (κ3) is 5.41. The Balaban J connectivity index is 2.11. The molecule has 0 spiro atoms. The highest BCUT2D eigenvalue weighted by molar-refractivity contribution is 7.46. The van der Waals surface area contributed by atoms with Crippen molar-refractivity contribution < 1.29 is 68.8 Å². The topological polar surface area (TPSA) is 236 Å². The molecule has 0 unspecified atom stereocenters. The summed E-state index contributed by atoms with van der Waals surface area (Å²) in [5.74, 6) is 0. The van der Waals surface area contributed by atoms with Gasteiger partial charge in [-0.3, -0.25) is 4.52 Å². The first-order valence-corrected chi connectivity index (χ1v) is 9.35. The molecule has 0 amide bonds. The molecule has 0 bridgehead atoms. The van der Waals surface area contributed by atoms with Gasteiger partial charge in [0.05, 0.1) is 13.2 Å². The number of hydrogen-bond acceptors (Lipinski definition) is 12. The van der Waals surface area contributed by atoms with Crippen LogP contribution in [-0.2, 0) is 23.3 Å². The fraction of sp³-hybridized carbons (Fsp3) is 1.00. The molecular formula is C12H23O14P. The van der Waals surface area contributed by atoms with Gasteiger partial charge in [0, 0.05) is 0 Å². The molecule has 0 saturated carbocycles. The predicted octanol–water partition coefficient (Wildman–Crippen LogP) is -5.28. The largest absolute Gasteiger partial charge is 0.469 e. The number of aliphatic hydroxyl groups excluding tert-OH is 7. The minimum absolute atomic E-state index is 0.760. The smallest absolute Gasteiger partial charge is 0.394 e. The van der Waals surface area contributed by atoms with Crippen LogP contribution in [0.15, 0.2) is 0 Å². The summed E-state index contributed by atoms with van der Waals surface area (Å²) < 4.78 is 30.3. The first kappa shape index (κ1) is 23.0. The molecule has 0 aromatic rings. The highest BCUT2D eigenvalue weighted by Crippen LogP contribution is 2.37. The molecule has 0 aromatic heterocycles. The second-order valence-corrected chi connectivity index (χ2v) is 7.37. The van der Waals surface area contributed by atoms with E-state index in [0.717, 1.165) is 0 Å². The molecule has 27 heavy (non-hydrogen) atoms. The van der Waals surface area contributed by atoms with Crippen molar-refractivity contribution in [2.45, 2.75) is 61.4 Å². The molecule has 2 fully saturated rings. The van der Waals surface area contributed by atoms with Crippen molar-refractivity contribution in [3.63, 3.8) is 0 Å². The average Bonchev–Trinajstić information content (AvgIpc) is 2.60. The summed E-state index contributed by atoms with van der Waals surface area (Å²) in [5, 5.41) is 68.1. The van der Waals surface area contributed by atoms with E-state index in [4.69, 9.17) is 24.0 Å². The van der Waals surface area contributed by atoms with Gasteiger partial charge in [-0.25, -0.2) is 4.57 Å². The molecule has 14 nitrogen and oxygen atoms in total. The van der Waals surface area contributed by atoms with Gasteiger partial charge in [-0.15, -0.1) is 0 Å². The molecule has 2 saturated heterocycles. The van der Waals surface area contributed by atoms with Gasteiger partial charge in [0.1, 0.15) is 48.8 Å². The van der Waals surface area contributed by atoms with E-state index >= 15 is 0 Å². The molecule has 0 aliphatic carbocycles. The van der Waals surface area contributed by atoms with Crippen molar-refractivity contribution in [3.8, 4) is 0 Å². The fourth-order valence-corrected chi connectivity index (χ4v) is 3.07. The van der Waals surface area contributed by atoms with Crippen LogP contribution in [-0.4, -0.2) is 120 Å². The molecule has 10 atom stereocenters. The maximum Gasteiger partial charge on any atom is 0.469 e. The quantitative estimate of drug-likeness (QED) is 0.182. The zero-order chi connectivity index (χ0) is 20.5. The Labute approximate surface area is 152 Å². The fourth-order valence-electron chi connectivity index (χ4n) is 2.73. The number of hydrogen-bond donors (Lipinski definition) is 9. The van der Waals surface area contributed by atoms with E-state index in [1.165, 1.54) is 0 Å². The molecule has 160 valence electrons. The van der Waals surface area contributed by atoms with E-state index in [2.05, 4.69) is 4.52 Å². The highest BCUT2D eigenvalue weighted by atomic mass is 31.2. The van der Waals surface area contributed by atoms with Crippen molar-refractivity contribution in [1.82, 2.24) is 0 Å². The van der Waals surface area contributed by atoms with Gasteiger partial charge in [-0.2, -0.15) is 0 Å². The lowest BCUT2D eigenvalue weighted by molar-refractivity contribution is -0.354. The molecule has 2 aliphatic heterocycles. The normalized spacial score (nSPS) is 46.4. The summed E-state index contributed by atoms with van der Waals surface area (Å²) in [4.78, 5) is 17.4. The summed E-state index contributed by atoms with van der Waals surface area (Å²) >= 11 is 0. The molecule has 15 heteroatoms. The van der Waals surface area contributed by atoms with E-state index in [1.807, 2.05) is 0 Å². The maximum absolute atomic E-state index is 10.8. The van der Waals surface area contributed by atoms with Crippen LogP contribution < -0.4 is 0 Å². The summed E-state index contributed by atoms with van der Waals surface area (Å²) in [6, 6.07) is 0. The number of phosphoric acid groups is 1. The SMILES string of the molecule is O=P(O)(O)OC[C@H]1O[C@@H](O[C@H]2[C@H](O)[C@@H](O)[C@H](O)O[C@@H]2CO)[C@H](O)[C@@H](O)[C@H]1O. The number of rotatable bonds is 6. The van der Waals surface area contributed by atoms with Gasteiger partial charge >= 0.3 is 7.82 Å². The lowest BCUT2D eigenvalue weighted by Crippen LogP contribution is -2.64. The Morgan fingerprint density at radius 1 is 0.815 bits per heavy atom. The Bertz CT molecular complexity index is 526. The Morgan fingerprint density at radius 2 is 1.44 bits per heavy atom. The van der Waals surface area contributed by atoms with Crippen molar-refractivity contribution in [2.24, 2.45) is 0 Å². The summed E-state index contributed by atoms with van der Waals surface area (Å²) in [6.45, 7) is -1.63. The van der Waals surface area contributed by atoms with E-state index in [9.17, 15) is 40.3 Å². The Kier molecular flexibility index (Phi) is 7.68. The van der Waals surface area contributed by atoms with Crippen LogP contribution in [0.5, 0.6) is 0 Å². The first-order valence-electron chi connectivity index (χ1n) is 7.82. The van der Waals surface area contributed by atoms with Crippen LogP contribution in [0.25, 0.3) is 0 Å². The lowest BCUT2D eigenvalue weighted by atomic mass is 9.97. The van der Waals surface area contributed by atoms with Crippen molar-refractivity contribution in [2.75, 3.05) is 13.2 Å². The van der Waals surface area contributed by atoms with Gasteiger partial charge in [0.15, 0.2) is 12.6 Å². The van der Waals surface area contributed by atoms with Crippen LogP contribution in [0, 0.1) is 0 Å². The highest BCUT2D eigenvalue weighted by Gasteiger charge is 2.50. The Hall–Kier alpha value is -0.290. The van der Waals surface area contributed by atoms with Gasteiger partial charge < -0.3 is 59.7 Å². The van der Waals surface area contributed by atoms with E-state index in [-0.39, 0.29) is 0 Å². The second kappa shape index (κ2) is 9.02. The van der Waals surface area contributed by atoms with E-state index in [0.29, 0.717) is 0 Å². The van der Waals surface area contributed by atoms with E-state index < -0.39 is 82.4 Å². The number of phosphoric ester groups is 1. The molecular weight excluding hydrogens is 399 g/mol. The maximum atomic E-state index is 10.8. The zero-order valence-corrected chi connectivity index (χ0v) is 14.6. The van der Waals surface area contributed by atoms with Gasteiger partial charge in [-0.05, 0) is 0 Å². The third-order valence-electron chi connectivity index (χ3n) is 4.21. The summed E-state index contributed by atoms with van der Waals surface area (Å²) in [5.41, 5.74) is 0. The lowest BCUT2D eigenvalue weighted by Gasteiger charge is -2.45. The molecule has 0 radical (unpaired) electrons. The minimum atomic E-state index is -4.92. The predicted molar refractivity (Wildman–Crippen MR) is 79.5 cm³/mol. The standard InChI is InChI=1S/C12H23O14P/c13-1-3-10(7(16)8(17)11(19)24-3)26-12-9(18)6(15)5(14)4(25-12)2-23-27(20,21)22/h3-19H,1-2H2,(H2,20,21,22)/t3-,4-,5+,6+,7-,8-,9-,10-,11-,12+/m1/s1. The van der Waals surface area contributed by atoms with Gasteiger partial charge in [0.25, 0.3) is 0 Å². The summed E-state index contributed by atoms with van der Waals surface area (Å²) in [6.07, 6.45) is -17.1. The first-order chi connectivity index (χ1) is 12.5. The Morgan fingerprint density at radius 3 is 2.00 bits per heavy atom. The monoisotopic (exact) mass is 422 g/mol. The van der Waals surface area contributed by atoms with Crippen LogP contribution >= 0.6 is 7.82 Å². The minimum Gasteiger partial charge on any atom is -0.394 e. The van der Waals surface area contributed by atoms with Crippen LogP contribution in [0.3, 0.4) is 0 Å². The summed E-state index contributed by atoms with van der Waals surface area (Å²) in [7, 11) is -4.92. The van der Waals surface area contributed by atoms with Crippen molar-refractivity contribution >= 4 is 7.82 Å². The van der Waals surface area contributed by atoms with Crippen LogP contribution in [0.2, 0.25) is 0 Å². The van der Waals surface area contributed by atoms with Crippen molar-refractivity contribution in [3.05, 3.63) is 0 Å². The third-order valence-corrected chi connectivity index (χ3v) is 4.69. The van der Waals surface area contributed by atoms with Gasteiger partial charge in [-0.1, -0.05) is 0 Å². The number of aliphatic hydroxyl groups is 7. The van der Waals surface area contributed by atoms with Crippen LogP contribution in [0.1, 0.15) is 0 Å². The second-order valence-electron chi connectivity index (χ2n) is 6.13. The van der Waals surface area contributed by atoms with E-state index in [1.54, 1.807) is 0 Å². The molecule has 2 rings (SSSR count). The van der Waals surface area contributed by atoms with Crippen molar-refractivity contribution in [1.29, 1.82) is 0 Å². The molecule has 0 aromatic carbocycles. The van der Waals surface area contributed by atoms with Crippen LogP contribution in [0.4, 0.5) is 0 Å². The van der Waals surface area contributed by atoms with Gasteiger partial charge in [0.2, 0.25) is 0 Å². The molecule has 2 aliphatic rings. The zero-order valence-electron chi connectivity index (χ0n) is 13.7. The molecule has 2 heterocycles. The molecule has 9 N–H and O–H groups in total. The number of ether oxygens (including phenoxy) is 3.